The lowest BCUT2D eigenvalue weighted by atomic mass is 10.0. The first-order valence-electron chi connectivity index (χ1n) is 8.55. The van der Waals surface area contributed by atoms with Crippen molar-refractivity contribution < 1.29 is 4.79 Å². The number of benzene rings is 2. The predicted octanol–water partition coefficient (Wildman–Crippen LogP) is 2.24. The number of fused-ring (bicyclic) bond motifs is 1. The number of nitrogens with two attached hydrogens (primary N) is 1. The molecule has 24 heavy (non-hydrogen) atoms. The van der Waals surface area contributed by atoms with E-state index in [9.17, 15) is 4.79 Å². The molecule has 0 spiro atoms. The van der Waals surface area contributed by atoms with Gasteiger partial charge in [0.05, 0.1) is 0 Å². The largest absolute Gasteiger partial charge is 0.337 e. The van der Waals surface area contributed by atoms with E-state index < -0.39 is 0 Å². The van der Waals surface area contributed by atoms with E-state index in [2.05, 4.69) is 29.7 Å². The van der Waals surface area contributed by atoms with Gasteiger partial charge in [-0.25, -0.2) is 0 Å². The number of rotatable bonds is 4. The van der Waals surface area contributed by atoms with Crippen molar-refractivity contribution in [3.63, 3.8) is 0 Å². The Morgan fingerprint density at radius 1 is 1.08 bits per heavy atom. The van der Waals surface area contributed by atoms with Crippen LogP contribution in [0.15, 0.2) is 42.5 Å². The Labute approximate surface area is 149 Å². The van der Waals surface area contributed by atoms with Crippen LogP contribution in [0.5, 0.6) is 0 Å². The van der Waals surface area contributed by atoms with Crippen LogP contribution in [0.2, 0.25) is 0 Å². The first-order valence-corrected chi connectivity index (χ1v) is 9.18. The molecule has 1 saturated heterocycles. The SMILES string of the molecule is NC(CS)CN1CCCN(C(=O)c2cccc3ccccc23)CC1. The van der Waals surface area contributed by atoms with Gasteiger partial charge in [0.1, 0.15) is 0 Å². The maximum absolute atomic E-state index is 13.0. The average molecular weight is 343 g/mol. The highest BCUT2D eigenvalue weighted by Crippen LogP contribution is 2.20. The van der Waals surface area contributed by atoms with Crippen LogP contribution in [0.3, 0.4) is 0 Å². The lowest BCUT2D eigenvalue weighted by Gasteiger charge is -2.24. The summed E-state index contributed by atoms with van der Waals surface area (Å²) in [7, 11) is 0. The molecule has 4 nitrogen and oxygen atoms in total. The highest BCUT2D eigenvalue weighted by molar-refractivity contribution is 7.80. The molecule has 1 amide bonds. The number of carbonyl (C=O) groups excluding carboxylic acids is 1. The number of thiol groups is 1. The van der Waals surface area contributed by atoms with Crippen molar-refractivity contribution in [1.82, 2.24) is 9.80 Å². The van der Waals surface area contributed by atoms with Crippen LogP contribution in [0.1, 0.15) is 16.8 Å². The number of hydrogen-bond donors (Lipinski definition) is 2. The van der Waals surface area contributed by atoms with Crippen molar-refractivity contribution in [2.45, 2.75) is 12.5 Å². The van der Waals surface area contributed by atoms with Gasteiger partial charge in [0.25, 0.3) is 5.91 Å². The number of carbonyl (C=O) groups is 1. The third kappa shape index (κ3) is 3.91. The molecule has 0 bridgehead atoms. The number of hydrogen-bond acceptors (Lipinski definition) is 4. The molecule has 0 aromatic heterocycles. The van der Waals surface area contributed by atoms with Gasteiger partial charge < -0.3 is 10.6 Å². The summed E-state index contributed by atoms with van der Waals surface area (Å²) >= 11 is 4.26. The molecule has 3 rings (SSSR count). The van der Waals surface area contributed by atoms with Crippen LogP contribution in [0.25, 0.3) is 10.8 Å². The number of nitrogens with zero attached hydrogens (tertiary/aromatic N) is 2. The molecule has 2 aromatic carbocycles. The van der Waals surface area contributed by atoms with Crippen LogP contribution in [0.4, 0.5) is 0 Å². The van der Waals surface area contributed by atoms with Gasteiger partial charge in [-0.15, -0.1) is 0 Å². The minimum absolute atomic E-state index is 0.0913. The average Bonchev–Trinajstić information content (AvgIpc) is 2.86. The van der Waals surface area contributed by atoms with Crippen molar-refractivity contribution >= 4 is 29.3 Å². The van der Waals surface area contributed by atoms with Gasteiger partial charge in [-0.3, -0.25) is 9.69 Å². The smallest absolute Gasteiger partial charge is 0.254 e. The molecule has 5 heteroatoms. The highest BCUT2D eigenvalue weighted by atomic mass is 32.1. The Hall–Kier alpha value is -1.56. The summed E-state index contributed by atoms with van der Waals surface area (Å²) in [6.45, 7) is 4.26. The summed E-state index contributed by atoms with van der Waals surface area (Å²) in [5.74, 6) is 0.821. The molecule has 0 aliphatic carbocycles. The van der Waals surface area contributed by atoms with Crippen molar-refractivity contribution in [3.8, 4) is 0 Å². The van der Waals surface area contributed by atoms with Gasteiger partial charge in [0.15, 0.2) is 0 Å². The molecule has 1 atom stereocenters. The Bertz CT molecular complexity index is 701. The Balaban J connectivity index is 1.73. The topological polar surface area (TPSA) is 49.6 Å². The first kappa shape index (κ1) is 17.3. The zero-order valence-corrected chi connectivity index (χ0v) is 14.8. The van der Waals surface area contributed by atoms with Crippen LogP contribution in [0, 0.1) is 0 Å². The van der Waals surface area contributed by atoms with Gasteiger partial charge in [-0.1, -0.05) is 36.4 Å². The van der Waals surface area contributed by atoms with Gasteiger partial charge in [0, 0.05) is 43.5 Å². The monoisotopic (exact) mass is 343 g/mol. The van der Waals surface area contributed by atoms with Gasteiger partial charge in [-0.2, -0.15) is 12.6 Å². The second kappa shape index (κ2) is 8.01. The summed E-state index contributed by atoms with van der Waals surface area (Å²) in [4.78, 5) is 17.3. The molecular weight excluding hydrogens is 318 g/mol. The summed E-state index contributed by atoms with van der Waals surface area (Å²) in [6, 6.07) is 14.1. The summed E-state index contributed by atoms with van der Waals surface area (Å²) < 4.78 is 0. The molecule has 1 fully saturated rings. The first-order chi connectivity index (χ1) is 11.7. The van der Waals surface area contributed by atoms with E-state index in [1.54, 1.807) is 0 Å². The third-order valence-corrected chi connectivity index (χ3v) is 5.09. The van der Waals surface area contributed by atoms with E-state index >= 15 is 0 Å². The molecule has 1 unspecified atom stereocenters. The zero-order valence-electron chi connectivity index (χ0n) is 13.9. The van der Waals surface area contributed by atoms with Crippen LogP contribution < -0.4 is 5.73 Å². The fourth-order valence-electron chi connectivity index (χ4n) is 3.33. The quantitative estimate of drug-likeness (QED) is 0.837. The predicted molar refractivity (Wildman–Crippen MR) is 103 cm³/mol. The minimum atomic E-state index is 0.0913. The van der Waals surface area contributed by atoms with E-state index in [0.717, 1.165) is 55.5 Å². The van der Waals surface area contributed by atoms with Gasteiger partial charge >= 0.3 is 0 Å². The Kier molecular flexibility index (Phi) is 5.76. The van der Waals surface area contributed by atoms with Crippen LogP contribution >= 0.6 is 12.6 Å². The summed E-state index contributed by atoms with van der Waals surface area (Å²) in [5, 5.41) is 2.14. The normalized spacial score (nSPS) is 17.7. The maximum Gasteiger partial charge on any atom is 0.254 e. The second-order valence-corrected chi connectivity index (χ2v) is 6.78. The minimum Gasteiger partial charge on any atom is -0.337 e. The van der Waals surface area contributed by atoms with E-state index in [1.165, 1.54) is 0 Å². The molecule has 1 aliphatic rings. The fourth-order valence-corrected chi connectivity index (χ4v) is 3.44. The lowest BCUT2D eigenvalue weighted by Crippen LogP contribution is -2.41. The van der Waals surface area contributed by atoms with Crippen molar-refractivity contribution in [2.75, 3.05) is 38.5 Å². The highest BCUT2D eigenvalue weighted by Gasteiger charge is 2.22. The molecule has 2 aromatic rings. The van der Waals surface area contributed by atoms with E-state index in [-0.39, 0.29) is 11.9 Å². The zero-order chi connectivity index (χ0) is 16.9. The molecular formula is C19H25N3OS. The second-order valence-electron chi connectivity index (χ2n) is 6.42. The van der Waals surface area contributed by atoms with Crippen LogP contribution in [-0.2, 0) is 0 Å². The summed E-state index contributed by atoms with van der Waals surface area (Å²) in [6.07, 6.45) is 0.982. The molecule has 0 saturated carbocycles. The van der Waals surface area contributed by atoms with Crippen molar-refractivity contribution in [1.29, 1.82) is 0 Å². The molecule has 2 N–H and O–H groups in total. The van der Waals surface area contributed by atoms with E-state index in [4.69, 9.17) is 5.73 Å². The molecule has 0 radical (unpaired) electrons. The molecule has 1 heterocycles. The van der Waals surface area contributed by atoms with E-state index in [0.29, 0.717) is 5.75 Å². The Morgan fingerprint density at radius 3 is 2.71 bits per heavy atom. The van der Waals surface area contributed by atoms with Crippen LogP contribution in [-0.4, -0.2) is 60.2 Å². The third-order valence-electron chi connectivity index (χ3n) is 4.62. The van der Waals surface area contributed by atoms with Crippen molar-refractivity contribution in [3.05, 3.63) is 48.0 Å². The number of amides is 1. The van der Waals surface area contributed by atoms with Gasteiger partial charge in [-0.05, 0) is 29.8 Å². The van der Waals surface area contributed by atoms with E-state index in [1.807, 2.05) is 35.2 Å². The molecule has 1 aliphatic heterocycles. The lowest BCUT2D eigenvalue weighted by molar-refractivity contribution is 0.0763. The van der Waals surface area contributed by atoms with Crippen molar-refractivity contribution in [2.24, 2.45) is 5.73 Å². The Morgan fingerprint density at radius 2 is 1.88 bits per heavy atom. The van der Waals surface area contributed by atoms with Gasteiger partial charge in [0.2, 0.25) is 0 Å². The fraction of sp³-hybridized carbons (Fsp3) is 0.421. The maximum atomic E-state index is 13.0. The standard InChI is InChI=1S/C19H25N3OS/c20-16(14-24)13-21-9-4-10-22(12-11-21)19(23)18-8-3-6-15-5-1-2-7-17(15)18/h1-3,5-8,16,24H,4,9-14,20H2. The summed E-state index contributed by atoms with van der Waals surface area (Å²) in [5.41, 5.74) is 6.80. The molecule has 128 valence electrons.